The van der Waals surface area contributed by atoms with Crippen molar-refractivity contribution < 1.29 is 22.3 Å². The van der Waals surface area contributed by atoms with Gasteiger partial charge in [-0.15, -0.1) is 0 Å². The van der Waals surface area contributed by atoms with Gasteiger partial charge in [0.25, 0.3) is 5.91 Å². The number of carbonyl (C=O) groups is 1. The third-order valence-corrected chi connectivity index (χ3v) is 6.97. The molecule has 1 aliphatic heterocycles. The van der Waals surface area contributed by atoms with Crippen molar-refractivity contribution in [1.29, 1.82) is 0 Å². The summed E-state index contributed by atoms with van der Waals surface area (Å²) in [5, 5.41) is 2.47. The molecular weight excluding hydrogens is 471 g/mol. The van der Waals surface area contributed by atoms with Crippen LogP contribution in [0.3, 0.4) is 0 Å². The molecule has 0 radical (unpaired) electrons. The number of hydrogen-bond acceptors (Lipinski definition) is 7. The molecule has 35 heavy (non-hydrogen) atoms. The molecule has 10 heteroatoms. The number of sulfone groups is 1. The van der Waals surface area contributed by atoms with Crippen LogP contribution in [-0.2, 0) is 16.3 Å². The Balaban J connectivity index is 1.31. The molecule has 0 unspecified atom stereocenters. The number of ether oxygens (including phenoxy) is 1. The predicted molar refractivity (Wildman–Crippen MR) is 131 cm³/mol. The molecule has 0 spiro atoms. The fraction of sp³-hybridized carbons (Fsp3) is 0.320. The monoisotopic (exact) mass is 498 g/mol. The van der Waals surface area contributed by atoms with Crippen LogP contribution in [0.1, 0.15) is 35.7 Å². The van der Waals surface area contributed by atoms with E-state index in [-0.39, 0.29) is 16.7 Å². The highest BCUT2D eigenvalue weighted by Gasteiger charge is 2.22. The highest BCUT2D eigenvalue weighted by atomic mass is 32.2. The molecule has 1 aliphatic rings. The first kappa shape index (κ1) is 24.6. The molecule has 1 saturated heterocycles. The van der Waals surface area contributed by atoms with E-state index in [1.165, 1.54) is 12.1 Å². The summed E-state index contributed by atoms with van der Waals surface area (Å²) in [6.45, 7) is 3.65. The number of rotatable bonds is 7. The lowest BCUT2D eigenvalue weighted by Gasteiger charge is -2.32. The van der Waals surface area contributed by atoms with Crippen LogP contribution in [0, 0.1) is 5.82 Å². The van der Waals surface area contributed by atoms with E-state index in [4.69, 9.17) is 4.74 Å². The quantitative estimate of drug-likeness (QED) is 0.527. The number of carbonyl (C=O) groups excluding carboxylic acids is 1. The lowest BCUT2D eigenvalue weighted by Crippen LogP contribution is -2.39. The molecule has 2 heterocycles. The summed E-state index contributed by atoms with van der Waals surface area (Å²) in [5.41, 5.74) is 1.34. The number of nitrogens with one attached hydrogen (secondary N) is 1. The maximum absolute atomic E-state index is 14.2. The van der Waals surface area contributed by atoms with Gasteiger partial charge in [-0.2, -0.15) is 0 Å². The summed E-state index contributed by atoms with van der Waals surface area (Å²) < 4.78 is 43.4. The van der Waals surface area contributed by atoms with E-state index in [9.17, 15) is 17.6 Å². The molecule has 0 bridgehead atoms. The van der Waals surface area contributed by atoms with Crippen molar-refractivity contribution in [1.82, 2.24) is 9.97 Å². The predicted octanol–water partition coefficient (Wildman–Crippen LogP) is 3.88. The Bertz CT molecular complexity index is 1290. The van der Waals surface area contributed by atoms with Gasteiger partial charge in [-0.05, 0) is 54.4 Å². The Morgan fingerprint density at radius 1 is 1.11 bits per heavy atom. The minimum atomic E-state index is -3.54. The van der Waals surface area contributed by atoms with E-state index in [1.54, 1.807) is 24.3 Å². The Labute approximate surface area is 204 Å². The normalized spacial score (nSPS) is 14.5. The van der Waals surface area contributed by atoms with Crippen LogP contribution in [-0.4, -0.2) is 49.7 Å². The first-order valence-electron chi connectivity index (χ1n) is 11.4. The number of amides is 1. The molecule has 0 aliphatic carbocycles. The summed E-state index contributed by atoms with van der Waals surface area (Å²) in [5.74, 6) is 0.0508. The highest BCUT2D eigenvalue weighted by Crippen LogP contribution is 2.23. The standard InChI is InChI=1S/C25H27FN4O4S/c1-3-17-15-27-25(28-16-17)30-12-10-20(11-13-30)34-19-6-4-18(5-7-19)24(31)29-23-9-8-21(14-22(23)26)35(2,32)33/h4-9,14-16,20H,3,10-13H2,1-2H3,(H,29,31). The zero-order valence-corrected chi connectivity index (χ0v) is 20.4. The van der Waals surface area contributed by atoms with E-state index in [0.29, 0.717) is 11.3 Å². The van der Waals surface area contributed by atoms with Crippen LogP contribution >= 0.6 is 0 Å². The smallest absolute Gasteiger partial charge is 0.255 e. The van der Waals surface area contributed by atoms with Crippen LogP contribution in [0.25, 0.3) is 0 Å². The second-order valence-corrected chi connectivity index (χ2v) is 10.5. The zero-order valence-electron chi connectivity index (χ0n) is 19.6. The second-order valence-electron chi connectivity index (χ2n) is 8.44. The number of piperidine rings is 1. The van der Waals surface area contributed by atoms with Gasteiger partial charge >= 0.3 is 0 Å². The van der Waals surface area contributed by atoms with Crippen LogP contribution in [0.4, 0.5) is 16.0 Å². The highest BCUT2D eigenvalue weighted by molar-refractivity contribution is 7.90. The largest absolute Gasteiger partial charge is 0.490 e. The van der Waals surface area contributed by atoms with Crippen molar-refractivity contribution in [3.8, 4) is 5.75 Å². The first-order chi connectivity index (χ1) is 16.7. The molecule has 1 amide bonds. The van der Waals surface area contributed by atoms with Gasteiger partial charge in [0.2, 0.25) is 5.95 Å². The average molecular weight is 499 g/mol. The van der Waals surface area contributed by atoms with E-state index < -0.39 is 21.6 Å². The molecule has 8 nitrogen and oxygen atoms in total. The van der Waals surface area contributed by atoms with E-state index >= 15 is 0 Å². The molecular formula is C25H27FN4O4S. The van der Waals surface area contributed by atoms with Crippen molar-refractivity contribution >= 4 is 27.4 Å². The maximum atomic E-state index is 14.2. The summed E-state index contributed by atoms with van der Waals surface area (Å²) in [7, 11) is -3.54. The van der Waals surface area contributed by atoms with Crippen molar-refractivity contribution in [2.45, 2.75) is 37.2 Å². The van der Waals surface area contributed by atoms with Gasteiger partial charge in [-0.25, -0.2) is 22.8 Å². The number of hydrogen-bond donors (Lipinski definition) is 1. The molecule has 0 atom stereocenters. The van der Waals surface area contributed by atoms with Crippen LogP contribution in [0.5, 0.6) is 5.75 Å². The van der Waals surface area contributed by atoms with Crippen molar-refractivity contribution in [3.05, 3.63) is 71.8 Å². The summed E-state index contributed by atoms with van der Waals surface area (Å²) in [6, 6.07) is 9.99. The van der Waals surface area contributed by atoms with Crippen LogP contribution in [0.15, 0.2) is 59.8 Å². The number of nitrogens with zero attached hydrogens (tertiary/aromatic N) is 3. The van der Waals surface area contributed by atoms with Gasteiger partial charge in [-0.3, -0.25) is 4.79 Å². The van der Waals surface area contributed by atoms with Gasteiger partial charge < -0.3 is 15.0 Å². The SMILES string of the molecule is CCc1cnc(N2CCC(Oc3ccc(C(=O)Nc4ccc(S(C)(=O)=O)cc4F)cc3)CC2)nc1. The number of benzene rings is 2. The summed E-state index contributed by atoms with van der Waals surface area (Å²) in [6.07, 6.45) is 7.32. The van der Waals surface area contributed by atoms with E-state index in [0.717, 1.165) is 56.2 Å². The van der Waals surface area contributed by atoms with E-state index in [1.807, 2.05) is 12.4 Å². The fourth-order valence-corrected chi connectivity index (χ4v) is 4.40. The third-order valence-electron chi connectivity index (χ3n) is 5.86. The van der Waals surface area contributed by atoms with Gasteiger partial charge in [0, 0.05) is 50.1 Å². The van der Waals surface area contributed by atoms with Crippen LogP contribution in [0.2, 0.25) is 0 Å². The molecule has 1 fully saturated rings. The molecule has 2 aromatic carbocycles. The van der Waals surface area contributed by atoms with Gasteiger partial charge in [0.15, 0.2) is 9.84 Å². The molecule has 184 valence electrons. The van der Waals surface area contributed by atoms with Gasteiger partial charge in [-0.1, -0.05) is 6.92 Å². The zero-order chi connectivity index (χ0) is 25.0. The fourth-order valence-electron chi connectivity index (χ4n) is 3.77. The summed E-state index contributed by atoms with van der Waals surface area (Å²) in [4.78, 5) is 23.4. The Morgan fingerprint density at radius 3 is 2.34 bits per heavy atom. The Kier molecular flexibility index (Phi) is 7.30. The first-order valence-corrected chi connectivity index (χ1v) is 13.3. The molecule has 1 aromatic heterocycles. The lowest BCUT2D eigenvalue weighted by atomic mass is 10.1. The number of anilines is 2. The van der Waals surface area contributed by atoms with Crippen molar-refractivity contribution in [2.24, 2.45) is 0 Å². The summed E-state index contributed by atoms with van der Waals surface area (Å²) >= 11 is 0. The molecule has 3 aromatic rings. The number of halogens is 1. The lowest BCUT2D eigenvalue weighted by molar-refractivity contribution is 0.102. The van der Waals surface area contributed by atoms with Crippen molar-refractivity contribution in [3.63, 3.8) is 0 Å². The Morgan fingerprint density at radius 2 is 1.77 bits per heavy atom. The number of aryl methyl sites for hydroxylation is 1. The average Bonchev–Trinajstić information content (AvgIpc) is 2.85. The van der Waals surface area contributed by atoms with Gasteiger partial charge in [0.1, 0.15) is 17.7 Å². The Hall–Kier alpha value is -3.53. The topological polar surface area (TPSA) is 101 Å². The number of aromatic nitrogens is 2. The molecule has 1 N–H and O–H groups in total. The second kappa shape index (κ2) is 10.4. The minimum Gasteiger partial charge on any atom is -0.490 e. The third kappa shape index (κ3) is 6.13. The van der Waals surface area contributed by atoms with Gasteiger partial charge in [0.05, 0.1) is 10.6 Å². The molecule has 4 rings (SSSR count). The van der Waals surface area contributed by atoms with Crippen LogP contribution < -0.4 is 15.0 Å². The van der Waals surface area contributed by atoms with E-state index in [2.05, 4.69) is 27.1 Å². The maximum Gasteiger partial charge on any atom is 0.255 e. The molecule has 0 saturated carbocycles. The van der Waals surface area contributed by atoms with Crippen molar-refractivity contribution in [2.75, 3.05) is 29.6 Å². The minimum absolute atomic E-state index is 0.0447.